The highest BCUT2D eigenvalue weighted by atomic mass is 32.1. The van der Waals surface area contributed by atoms with E-state index in [-0.39, 0.29) is 18.3 Å². The van der Waals surface area contributed by atoms with Gasteiger partial charge in [0.15, 0.2) is 16.3 Å². The molecule has 0 radical (unpaired) electrons. The maximum atomic E-state index is 13.0. The van der Waals surface area contributed by atoms with Crippen LogP contribution in [0.2, 0.25) is 0 Å². The molecule has 8 heteroatoms. The average Bonchev–Trinajstić information content (AvgIpc) is 3.33. The van der Waals surface area contributed by atoms with Gasteiger partial charge in [0.1, 0.15) is 0 Å². The summed E-state index contributed by atoms with van der Waals surface area (Å²) in [5, 5.41) is 0.536. The first-order valence-electron chi connectivity index (χ1n) is 12.5. The third-order valence-corrected chi connectivity index (χ3v) is 7.40. The number of likely N-dealkylation sites (tertiary alicyclic amines) is 1. The smallest absolute Gasteiger partial charge is 0.262 e. The van der Waals surface area contributed by atoms with E-state index < -0.39 is 0 Å². The number of carbonyl (C=O) groups is 1. The van der Waals surface area contributed by atoms with Crippen LogP contribution in [-0.2, 0) is 17.8 Å². The van der Waals surface area contributed by atoms with E-state index >= 15 is 0 Å². The number of fused-ring (bicyclic) bond motifs is 2. The highest BCUT2D eigenvalue weighted by Crippen LogP contribution is 2.34. The lowest BCUT2D eigenvalue weighted by Crippen LogP contribution is -2.38. The Morgan fingerprint density at radius 2 is 1.77 bits per heavy atom. The number of hydrogen-bond donors (Lipinski definition) is 1. The molecule has 35 heavy (non-hydrogen) atoms. The molecule has 3 heterocycles. The predicted molar refractivity (Wildman–Crippen MR) is 137 cm³/mol. The number of unbranched alkanes of at least 4 members (excludes halogenated alkanes) is 2. The minimum atomic E-state index is -0.128. The van der Waals surface area contributed by atoms with Gasteiger partial charge in [-0.1, -0.05) is 36.8 Å². The summed E-state index contributed by atoms with van der Waals surface area (Å²) in [5.41, 5.74) is 1.91. The number of ether oxygens (including phenoxy) is 2. The highest BCUT2D eigenvalue weighted by molar-refractivity contribution is 7.71. The Bertz CT molecular complexity index is 1310. The third kappa shape index (κ3) is 5.42. The maximum Gasteiger partial charge on any atom is 0.262 e. The molecular weight excluding hydrogens is 462 g/mol. The van der Waals surface area contributed by atoms with Crippen LogP contribution in [0.1, 0.15) is 44.1 Å². The lowest BCUT2D eigenvalue weighted by atomic mass is 9.90. The first kappa shape index (κ1) is 23.6. The van der Waals surface area contributed by atoms with Gasteiger partial charge in [0, 0.05) is 32.1 Å². The van der Waals surface area contributed by atoms with Crippen LogP contribution >= 0.6 is 12.2 Å². The molecule has 2 aromatic carbocycles. The van der Waals surface area contributed by atoms with Crippen molar-refractivity contribution < 1.29 is 14.3 Å². The topological polar surface area (TPSA) is 76.6 Å². The largest absolute Gasteiger partial charge is 0.454 e. The SMILES string of the molecule is O=C(CCCCCn1c(=S)[nH]c2cc3c(cc2c1=O)OCO3)N1CCC(Cc2ccccc2)CC1. The fourth-order valence-corrected chi connectivity index (χ4v) is 5.34. The normalized spacial score (nSPS) is 15.6. The Morgan fingerprint density at radius 3 is 2.54 bits per heavy atom. The quantitative estimate of drug-likeness (QED) is 0.359. The zero-order chi connectivity index (χ0) is 24.2. The van der Waals surface area contributed by atoms with Gasteiger partial charge in [-0.3, -0.25) is 14.2 Å². The van der Waals surface area contributed by atoms with Crippen molar-refractivity contribution in [2.24, 2.45) is 5.92 Å². The van der Waals surface area contributed by atoms with E-state index in [1.807, 2.05) is 4.90 Å². The van der Waals surface area contributed by atoms with Crippen LogP contribution < -0.4 is 15.0 Å². The Kier molecular flexibility index (Phi) is 7.18. The molecule has 1 fully saturated rings. The van der Waals surface area contributed by atoms with E-state index in [1.165, 1.54) is 5.56 Å². The number of carbonyl (C=O) groups excluding carboxylic acids is 1. The molecule has 184 valence electrons. The van der Waals surface area contributed by atoms with Gasteiger partial charge in [-0.15, -0.1) is 0 Å². The Balaban J connectivity index is 1.07. The number of aromatic nitrogens is 2. The monoisotopic (exact) mass is 493 g/mol. The molecule has 0 atom stereocenters. The molecule has 0 unspecified atom stereocenters. The molecule has 0 bridgehead atoms. The molecule has 7 nitrogen and oxygen atoms in total. The Morgan fingerprint density at radius 1 is 1.03 bits per heavy atom. The Labute approximate surface area is 209 Å². The van der Waals surface area contributed by atoms with Gasteiger partial charge in [-0.05, 0) is 61.9 Å². The molecule has 2 aliphatic rings. The molecule has 3 aromatic rings. The molecule has 1 N–H and O–H groups in total. The molecule has 0 aliphatic carbocycles. The van der Waals surface area contributed by atoms with E-state index in [0.29, 0.717) is 46.1 Å². The molecule has 5 rings (SSSR count). The van der Waals surface area contributed by atoms with Gasteiger partial charge < -0.3 is 19.4 Å². The summed E-state index contributed by atoms with van der Waals surface area (Å²) in [6.07, 6.45) is 6.29. The second kappa shape index (κ2) is 10.6. The molecule has 1 saturated heterocycles. The molecule has 1 amide bonds. The number of hydrogen-bond acceptors (Lipinski definition) is 5. The first-order chi connectivity index (χ1) is 17.1. The van der Waals surface area contributed by atoms with Crippen molar-refractivity contribution in [1.29, 1.82) is 0 Å². The van der Waals surface area contributed by atoms with E-state index in [4.69, 9.17) is 21.7 Å². The van der Waals surface area contributed by atoms with Crippen LogP contribution in [0.3, 0.4) is 0 Å². The summed E-state index contributed by atoms with van der Waals surface area (Å²) in [7, 11) is 0. The van der Waals surface area contributed by atoms with Crippen molar-refractivity contribution in [3.05, 3.63) is 63.2 Å². The van der Waals surface area contributed by atoms with Crippen LogP contribution in [0.25, 0.3) is 10.9 Å². The fraction of sp³-hybridized carbons (Fsp3) is 0.444. The standard InChI is InChI=1S/C27H31N3O4S/c31-25(29-13-10-20(11-14-29)15-19-7-3-1-4-8-19)9-5-2-6-12-30-26(32)21-16-23-24(34-18-33-23)17-22(21)28-27(30)35/h1,3-4,7-8,16-17,20H,2,5-6,9-15,18H2,(H,28,35). The molecule has 1 aromatic heterocycles. The van der Waals surface area contributed by atoms with E-state index in [9.17, 15) is 9.59 Å². The second-order valence-corrected chi connectivity index (χ2v) is 9.85. The number of H-pyrrole nitrogens is 1. The average molecular weight is 494 g/mol. The van der Waals surface area contributed by atoms with Gasteiger partial charge in [0.2, 0.25) is 12.7 Å². The summed E-state index contributed by atoms with van der Waals surface area (Å²) in [4.78, 5) is 30.8. The lowest BCUT2D eigenvalue weighted by Gasteiger charge is -2.32. The predicted octanol–water partition coefficient (Wildman–Crippen LogP) is 4.83. The van der Waals surface area contributed by atoms with Crippen molar-refractivity contribution >= 4 is 29.0 Å². The van der Waals surface area contributed by atoms with Crippen LogP contribution in [0, 0.1) is 10.7 Å². The van der Waals surface area contributed by atoms with Gasteiger partial charge in [-0.25, -0.2) is 0 Å². The van der Waals surface area contributed by atoms with Crippen LogP contribution in [0.5, 0.6) is 11.5 Å². The summed E-state index contributed by atoms with van der Waals surface area (Å²) in [6.45, 7) is 2.40. The number of benzene rings is 2. The Hall–Kier alpha value is -3.13. The van der Waals surface area contributed by atoms with Gasteiger partial charge in [-0.2, -0.15) is 0 Å². The van der Waals surface area contributed by atoms with Gasteiger partial charge in [0.25, 0.3) is 5.56 Å². The second-order valence-electron chi connectivity index (χ2n) is 9.46. The molecule has 0 spiro atoms. The van der Waals surface area contributed by atoms with Crippen LogP contribution in [0.4, 0.5) is 0 Å². The van der Waals surface area contributed by atoms with E-state index in [2.05, 4.69) is 35.3 Å². The van der Waals surface area contributed by atoms with Crippen LogP contribution in [0.15, 0.2) is 47.3 Å². The first-order valence-corrected chi connectivity index (χ1v) is 12.9. The molecule has 0 saturated carbocycles. The summed E-state index contributed by atoms with van der Waals surface area (Å²) in [6, 6.07) is 14.1. The zero-order valence-corrected chi connectivity index (χ0v) is 20.6. The zero-order valence-electron chi connectivity index (χ0n) is 19.8. The number of aromatic amines is 1. The van der Waals surface area contributed by atoms with Crippen molar-refractivity contribution in [2.75, 3.05) is 19.9 Å². The summed E-state index contributed by atoms with van der Waals surface area (Å²) < 4.78 is 12.8. The van der Waals surface area contributed by atoms with Gasteiger partial charge >= 0.3 is 0 Å². The van der Waals surface area contributed by atoms with Gasteiger partial charge in [0.05, 0.1) is 10.9 Å². The fourth-order valence-electron chi connectivity index (χ4n) is 5.06. The summed E-state index contributed by atoms with van der Waals surface area (Å²) >= 11 is 5.43. The maximum absolute atomic E-state index is 13.0. The number of nitrogens with zero attached hydrogens (tertiary/aromatic N) is 2. The third-order valence-electron chi connectivity index (χ3n) is 7.08. The minimum absolute atomic E-state index is 0.128. The molecule has 2 aliphatic heterocycles. The van der Waals surface area contributed by atoms with E-state index in [0.717, 1.165) is 51.6 Å². The summed E-state index contributed by atoms with van der Waals surface area (Å²) in [5.74, 6) is 2.10. The van der Waals surface area contributed by atoms with E-state index in [1.54, 1.807) is 16.7 Å². The lowest BCUT2D eigenvalue weighted by molar-refractivity contribution is -0.132. The van der Waals surface area contributed by atoms with Crippen molar-refractivity contribution in [1.82, 2.24) is 14.5 Å². The highest BCUT2D eigenvalue weighted by Gasteiger charge is 2.22. The number of piperidine rings is 1. The van der Waals surface area contributed by atoms with Crippen molar-refractivity contribution in [3.8, 4) is 11.5 Å². The van der Waals surface area contributed by atoms with Crippen molar-refractivity contribution in [2.45, 2.75) is 51.5 Å². The van der Waals surface area contributed by atoms with Crippen molar-refractivity contribution in [3.63, 3.8) is 0 Å². The number of rotatable bonds is 8. The number of nitrogens with one attached hydrogen (secondary N) is 1. The number of amides is 1. The molecular formula is C27H31N3O4S. The van der Waals surface area contributed by atoms with Crippen LogP contribution in [-0.4, -0.2) is 40.2 Å². The minimum Gasteiger partial charge on any atom is -0.454 e.